The number of benzene rings is 1. The zero-order valence-corrected chi connectivity index (χ0v) is 19.6. The first-order chi connectivity index (χ1) is 12.9. The van der Waals surface area contributed by atoms with Gasteiger partial charge in [-0.25, -0.2) is 0 Å². The normalized spacial score (nSPS) is 20.6. The molecule has 1 aromatic carbocycles. The summed E-state index contributed by atoms with van der Waals surface area (Å²) in [6, 6.07) is 12.1. The van der Waals surface area contributed by atoms with Crippen LogP contribution in [-0.2, 0) is 0 Å². The summed E-state index contributed by atoms with van der Waals surface area (Å²) in [4.78, 5) is 0. The van der Waals surface area contributed by atoms with Crippen molar-refractivity contribution >= 4 is 13.6 Å². The molecule has 0 amide bonds. The zero-order valence-electron chi connectivity index (χ0n) is 18.6. The molecule has 0 spiro atoms. The molecular formula is C26H38Si. The molecule has 0 N–H and O–H groups in total. The van der Waals surface area contributed by atoms with E-state index in [1.165, 1.54) is 31.4 Å². The maximum Gasteiger partial charge on any atom is 0.0768 e. The molecular weight excluding hydrogens is 340 g/mol. The average molecular weight is 379 g/mol. The molecule has 1 unspecified atom stereocenters. The maximum absolute atomic E-state index is 2.73. The number of unbranched alkanes of at least 4 members (excludes halogenated alkanes) is 1. The van der Waals surface area contributed by atoms with E-state index in [2.05, 4.69) is 78.8 Å². The summed E-state index contributed by atoms with van der Waals surface area (Å²) < 4.78 is 0. The van der Waals surface area contributed by atoms with Gasteiger partial charge in [0.15, 0.2) is 0 Å². The van der Waals surface area contributed by atoms with Crippen molar-refractivity contribution in [3.8, 4) is 0 Å². The zero-order chi connectivity index (χ0) is 19.8. The first-order valence-electron chi connectivity index (χ1n) is 11.1. The Morgan fingerprint density at radius 3 is 2.00 bits per heavy atom. The fourth-order valence-electron chi connectivity index (χ4n) is 5.99. The highest BCUT2D eigenvalue weighted by molar-refractivity contribution is 6.84. The second kappa shape index (κ2) is 7.95. The lowest BCUT2D eigenvalue weighted by Crippen LogP contribution is -2.45. The smallest absolute Gasteiger partial charge is 0.0758 e. The standard InChI is InChI=1S/C26H38Si/c1-8-11-14-22-17-25(24-16-13-12-15-23(22)24)27(9-2,10-3)26-20(6)18(4)19(5)21(26)7/h12-13,15-17,25-26H,8-11,14H2,1-7H3. The quantitative estimate of drug-likeness (QED) is 0.417. The van der Waals surface area contributed by atoms with E-state index in [4.69, 9.17) is 0 Å². The van der Waals surface area contributed by atoms with E-state index in [9.17, 15) is 0 Å². The van der Waals surface area contributed by atoms with Gasteiger partial charge >= 0.3 is 0 Å². The average Bonchev–Trinajstić information content (AvgIpc) is 3.15. The summed E-state index contributed by atoms with van der Waals surface area (Å²) in [6.07, 6.45) is 6.55. The third-order valence-electron chi connectivity index (χ3n) is 7.93. The third kappa shape index (κ3) is 3.12. The number of fused-ring (bicyclic) bond motifs is 1. The minimum atomic E-state index is -1.61. The van der Waals surface area contributed by atoms with E-state index < -0.39 is 8.07 Å². The van der Waals surface area contributed by atoms with Gasteiger partial charge in [0.25, 0.3) is 0 Å². The van der Waals surface area contributed by atoms with Crippen molar-refractivity contribution in [2.45, 2.75) is 90.9 Å². The summed E-state index contributed by atoms with van der Waals surface area (Å²) in [5.74, 6) is 0. The summed E-state index contributed by atoms with van der Waals surface area (Å²) in [5, 5.41) is 0. The van der Waals surface area contributed by atoms with E-state index in [1.807, 2.05) is 0 Å². The molecule has 146 valence electrons. The minimum absolute atomic E-state index is 0.671. The SMILES string of the molecule is CCCCC1=CC([Si](CC)(CC)C2C(C)=C(C)C(C)=C2C)c2ccccc21. The van der Waals surface area contributed by atoms with E-state index in [0.717, 1.165) is 0 Å². The molecule has 0 saturated heterocycles. The molecule has 1 heteroatoms. The van der Waals surface area contributed by atoms with Crippen molar-refractivity contribution in [1.82, 2.24) is 0 Å². The fraction of sp³-hybridized carbons (Fsp3) is 0.538. The molecule has 0 radical (unpaired) electrons. The third-order valence-corrected chi connectivity index (χ3v) is 14.3. The summed E-state index contributed by atoms with van der Waals surface area (Å²) >= 11 is 0. The fourth-order valence-corrected chi connectivity index (χ4v) is 12.1. The molecule has 2 aliphatic rings. The van der Waals surface area contributed by atoms with Crippen LogP contribution in [0.1, 0.15) is 84.4 Å². The Hall–Kier alpha value is -1.34. The van der Waals surface area contributed by atoms with Crippen molar-refractivity contribution in [1.29, 1.82) is 0 Å². The van der Waals surface area contributed by atoms with Gasteiger partial charge in [-0.1, -0.05) is 80.8 Å². The molecule has 0 nitrogen and oxygen atoms in total. The van der Waals surface area contributed by atoms with E-state index in [-0.39, 0.29) is 0 Å². The predicted octanol–water partition coefficient (Wildman–Crippen LogP) is 8.44. The predicted molar refractivity (Wildman–Crippen MR) is 124 cm³/mol. The van der Waals surface area contributed by atoms with Crippen molar-refractivity contribution < 1.29 is 0 Å². The molecule has 0 aliphatic heterocycles. The number of hydrogen-bond donors (Lipinski definition) is 0. The van der Waals surface area contributed by atoms with Crippen LogP contribution in [0.4, 0.5) is 0 Å². The van der Waals surface area contributed by atoms with Gasteiger partial charge in [-0.3, -0.25) is 0 Å². The Bertz CT molecular complexity index is 777. The lowest BCUT2D eigenvalue weighted by Gasteiger charge is -2.43. The Balaban J connectivity index is 2.15. The van der Waals surface area contributed by atoms with Crippen LogP contribution in [0.25, 0.3) is 5.57 Å². The number of hydrogen-bond acceptors (Lipinski definition) is 0. The lowest BCUT2D eigenvalue weighted by atomic mass is 10.0. The van der Waals surface area contributed by atoms with Crippen LogP contribution in [0.3, 0.4) is 0 Å². The molecule has 1 aromatic rings. The van der Waals surface area contributed by atoms with Crippen LogP contribution in [0.5, 0.6) is 0 Å². The van der Waals surface area contributed by atoms with E-state index >= 15 is 0 Å². The van der Waals surface area contributed by atoms with Gasteiger partial charge in [0.2, 0.25) is 0 Å². The van der Waals surface area contributed by atoms with Crippen LogP contribution in [0.15, 0.2) is 52.6 Å². The molecule has 0 aromatic heterocycles. The molecule has 0 saturated carbocycles. The Kier molecular flexibility index (Phi) is 6.01. The van der Waals surface area contributed by atoms with Crippen molar-refractivity contribution in [3.05, 3.63) is 63.8 Å². The molecule has 2 aliphatic carbocycles. The second-order valence-corrected chi connectivity index (χ2v) is 13.9. The van der Waals surface area contributed by atoms with Gasteiger partial charge < -0.3 is 0 Å². The molecule has 0 heterocycles. The van der Waals surface area contributed by atoms with Crippen LogP contribution in [-0.4, -0.2) is 8.07 Å². The van der Waals surface area contributed by atoms with Crippen LogP contribution >= 0.6 is 0 Å². The molecule has 27 heavy (non-hydrogen) atoms. The monoisotopic (exact) mass is 378 g/mol. The van der Waals surface area contributed by atoms with Gasteiger partial charge in [0, 0.05) is 0 Å². The van der Waals surface area contributed by atoms with Crippen LogP contribution in [0.2, 0.25) is 17.6 Å². The molecule has 0 fully saturated rings. The molecule has 3 rings (SSSR count). The largest absolute Gasteiger partial charge is 0.0768 e. The number of allylic oxidation sites excluding steroid dienone is 6. The molecule has 1 atom stereocenters. The van der Waals surface area contributed by atoms with Gasteiger partial charge in [-0.15, -0.1) is 0 Å². The Morgan fingerprint density at radius 1 is 0.852 bits per heavy atom. The van der Waals surface area contributed by atoms with Gasteiger partial charge in [-0.05, 0) is 79.5 Å². The van der Waals surface area contributed by atoms with Gasteiger partial charge in [-0.2, -0.15) is 0 Å². The minimum Gasteiger partial charge on any atom is -0.0758 e. The topological polar surface area (TPSA) is 0 Å². The van der Waals surface area contributed by atoms with Crippen molar-refractivity contribution in [3.63, 3.8) is 0 Å². The Labute approximate surface area is 168 Å². The van der Waals surface area contributed by atoms with Crippen molar-refractivity contribution in [2.24, 2.45) is 0 Å². The highest BCUT2D eigenvalue weighted by atomic mass is 28.3. The highest BCUT2D eigenvalue weighted by Gasteiger charge is 2.50. The van der Waals surface area contributed by atoms with Crippen molar-refractivity contribution in [2.75, 3.05) is 0 Å². The molecule has 0 bridgehead atoms. The van der Waals surface area contributed by atoms with Gasteiger partial charge in [0.1, 0.15) is 0 Å². The first kappa shape index (κ1) is 20.4. The highest BCUT2D eigenvalue weighted by Crippen LogP contribution is 2.56. The second-order valence-electron chi connectivity index (χ2n) is 8.85. The maximum atomic E-state index is 2.73. The summed E-state index contributed by atoms with van der Waals surface area (Å²) in [6.45, 7) is 16.8. The van der Waals surface area contributed by atoms with Gasteiger partial charge in [0.05, 0.1) is 8.07 Å². The Morgan fingerprint density at radius 2 is 1.44 bits per heavy atom. The summed E-state index contributed by atoms with van der Waals surface area (Å²) in [5.41, 5.74) is 12.7. The lowest BCUT2D eigenvalue weighted by molar-refractivity contribution is 0.824. The number of rotatable bonds is 7. The van der Waals surface area contributed by atoms with Crippen LogP contribution in [0, 0.1) is 0 Å². The first-order valence-corrected chi connectivity index (χ1v) is 13.6. The van der Waals surface area contributed by atoms with E-state index in [1.54, 1.807) is 39.0 Å². The van der Waals surface area contributed by atoms with Crippen LogP contribution < -0.4 is 0 Å². The van der Waals surface area contributed by atoms with E-state index in [0.29, 0.717) is 11.1 Å². The summed E-state index contributed by atoms with van der Waals surface area (Å²) in [7, 11) is -1.61.